The normalized spacial score (nSPS) is 14.6. The quantitative estimate of drug-likeness (QED) is 0.716. The Balaban J connectivity index is 3.87. The number of hydrogen-bond acceptors (Lipinski definition) is 2. The van der Waals surface area contributed by atoms with E-state index in [-0.39, 0.29) is 11.8 Å². The summed E-state index contributed by atoms with van der Waals surface area (Å²) in [5.41, 5.74) is 0. The van der Waals surface area contributed by atoms with E-state index in [1.807, 2.05) is 13.8 Å². The maximum atomic E-state index is 11.4. The minimum absolute atomic E-state index is 0.0638. The first kappa shape index (κ1) is 13.9. The van der Waals surface area contributed by atoms with Gasteiger partial charge in [0.1, 0.15) is 0 Å². The van der Waals surface area contributed by atoms with Crippen LogP contribution in [0.4, 0.5) is 0 Å². The monoisotopic (exact) mass is 221 g/mol. The van der Waals surface area contributed by atoms with E-state index in [0.717, 1.165) is 12.8 Å². The van der Waals surface area contributed by atoms with Crippen LogP contribution in [-0.4, -0.2) is 20.2 Å². The van der Waals surface area contributed by atoms with Gasteiger partial charge in [0.15, 0.2) is 0 Å². The van der Waals surface area contributed by atoms with Crippen LogP contribution >= 0.6 is 0 Å². The van der Waals surface area contributed by atoms with Gasteiger partial charge < -0.3 is 0 Å². The van der Waals surface area contributed by atoms with Gasteiger partial charge in [0, 0.05) is 6.04 Å². The van der Waals surface area contributed by atoms with Crippen LogP contribution in [0.5, 0.6) is 0 Å². The van der Waals surface area contributed by atoms with Gasteiger partial charge in [-0.05, 0) is 32.1 Å². The van der Waals surface area contributed by atoms with Crippen LogP contribution in [0.3, 0.4) is 0 Å². The molecule has 0 aromatic heterocycles. The Morgan fingerprint density at radius 3 is 2.14 bits per heavy atom. The average Bonchev–Trinajstić information content (AvgIpc) is 1.99. The van der Waals surface area contributed by atoms with Gasteiger partial charge in [0.2, 0.25) is 10.0 Å². The number of rotatable bonds is 7. The van der Waals surface area contributed by atoms with E-state index in [1.165, 1.54) is 0 Å². The van der Waals surface area contributed by atoms with Gasteiger partial charge in [-0.3, -0.25) is 0 Å². The summed E-state index contributed by atoms with van der Waals surface area (Å²) in [6.45, 7) is 8.09. The van der Waals surface area contributed by atoms with Gasteiger partial charge in [-0.1, -0.05) is 20.8 Å². The highest BCUT2D eigenvalue weighted by atomic mass is 32.2. The van der Waals surface area contributed by atoms with Crippen molar-refractivity contribution in [2.45, 2.75) is 53.0 Å². The van der Waals surface area contributed by atoms with Crippen molar-refractivity contribution in [1.82, 2.24) is 4.72 Å². The maximum Gasteiger partial charge on any atom is 0.211 e. The van der Waals surface area contributed by atoms with Crippen molar-refractivity contribution >= 4 is 10.0 Å². The minimum Gasteiger partial charge on any atom is -0.212 e. The van der Waals surface area contributed by atoms with E-state index in [4.69, 9.17) is 0 Å². The van der Waals surface area contributed by atoms with E-state index < -0.39 is 10.0 Å². The smallest absolute Gasteiger partial charge is 0.211 e. The molecule has 0 aromatic rings. The molecule has 0 radical (unpaired) electrons. The maximum absolute atomic E-state index is 11.4. The molecule has 0 amide bonds. The molecule has 0 aliphatic rings. The Morgan fingerprint density at radius 1 is 1.14 bits per heavy atom. The molecule has 4 heteroatoms. The molecule has 0 saturated carbocycles. The van der Waals surface area contributed by atoms with E-state index in [2.05, 4.69) is 18.6 Å². The molecule has 0 heterocycles. The second-order valence-corrected chi connectivity index (χ2v) is 6.18. The minimum atomic E-state index is -3.03. The van der Waals surface area contributed by atoms with Crippen LogP contribution in [-0.2, 0) is 10.0 Å². The summed E-state index contributed by atoms with van der Waals surface area (Å²) < 4.78 is 25.4. The second-order valence-electron chi connectivity index (χ2n) is 4.31. The lowest BCUT2D eigenvalue weighted by Crippen LogP contribution is -2.34. The first-order valence-electron chi connectivity index (χ1n) is 5.37. The first-order chi connectivity index (χ1) is 6.37. The molecule has 0 saturated heterocycles. The van der Waals surface area contributed by atoms with Gasteiger partial charge in [0.25, 0.3) is 0 Å². The third kappa shape index (κ3) is 7.33. The molecule has 14 heavy (non-hydrogen) atoms. The SMILES string of the molecule is CCCS(=O)(=O)NC(C)CCC(C)C. The molecule has 1 unspecified atom stereocenters. The molecule has 3 nitrogen and oxygen atoms in total. The largest absolute Gasteiger partial charge is 0.212 e. The predicted octanol–water partition coefficient (Wildman–Crippen LogP) is 2.14. The van der Waals surface area contributed by atoms with Crippen LogP contribution in [0, 0.1) is 5.92 Å². The number of nitrogens with one attached hydrogen (secondary N) is 1. The summed E-state index contributed by atoms with van der Waals surface area (Å²) >= 11 is 0. The highest BCUT2D eigenvalue weighted by Crippen LogP contribution is 2.07. The van der Waals surface area contributed by atoms with E-state index >= 15 is 0 Å². The zero-order chi connectivity index (χ0) is 11.2. The van der Waals surface area contributed by atoms with Gasteiger partial charge in [0.05, 0.1) is 5.75 Å². The zero-order valence-corrected chi connectivity index (χ0v) is 10.5. The zero-order valence-electron chi connectivity index (χ0n) is 9.71. The predicted molar refractivity (Wildman–Crippen MR) is 60.7 cm³/mol. The molecular formula is C10H23NO2S. The van der Waals surface area contributed by atoms with E-state index in [0.29, 0.717) is 12.3 Å². The lowest BCUT2D eigenvalue weighted by molar-refractivity contribution is 0.485. The molecule has 0 aliphatic heterocycles. The summed E-state index contributed by atoms with van der Waals surface area (Å²) in [5, 5.41) is 0. The molecule has 0 bridgehead atoms. The van der Waals surface area contributed by atoms with Crippen molar-refractivity contribution in [2.75, 3.05) is 5.75 Å². The Kier molecular flexibility index (Phi) is 6.36. The number of hydrogen-bond donors (Lipinski definition) is 1. The second kappa shape index (κ2) is 6.40. The molecule has 1 atom stereocenters. The first-order valence-corrected chi connectivity index (χ1v) is 7.02. The van der Waals surface area contributed by atoms with Crippen molar-refractivity contribution in [3.63, 3.8) is 0 Å². The highest BCUT2D eigenvalue weighted by molar-refractivity contribution is 7.89. The Bertz CT molecular complexity index is 235. The Morgan fingerprint density at radius 2 is 1.71 bits per heavy atom. The van der Waals surface area contributed by atoms with Crippen molar-refractivity contribution in [2.24, 2.45) is 5.92 Å². The third-order valence-electron chi connectivity index (χ3n) is 2.03. The third-order valence-corrected chi connectivity index (χ3v) is 3.74. The lowest BCUT2D eigenvalue weighted by atomic mass is 10.1. The van der Waals surface area contributed by atoms with Gasteiger partial charge >= 0.3 is 0 Å². The summed E-state index contributed by atoms with van der Waals surface area (Å²) in [6, 6.07) is 0.0638. The van der Waals surface area contributed by atoms with Crippen LogP contribution in [0.15, 0.2) is 0 Å². The summed E-state index contributed by atoms with van der Waals surface area (Å²) in [7, 11) is -3.03. The molecular weight excluding hydrogens is 198 g/mol. The molecule has 1 N–H and O–H groups in total. The van der Waals surface area contributed by atoms with Crippen molar-refractivity contribution in [3.05, 3.63) is 0 Å². The lowest BCUT2D eigenvalue weighted by Gasteiger charge is -2.14. The van der Waals surface area contributed by atoms with E-state index in [1.54, 1.807) is 0 Å². The van der Waals surface area contributed by atoms with Gasteiger partial charge in [-0.25, -0.2) is 13.1 Å². The molecule has 0 spiro atoms. The van der Waals surface area contributed by atoms with Gasteiger partial charge in [-0.15, -0.1) is 0 Å². The molecule has 0 rings (SSSR count). The van der Waals surface area contributed by atoms with Crippen molar-refractivity contribution < 1.29 is 8.42 Å². The summed E-state index contributed by atoms with van der Waals surface area (Å²) in [4.78, 5) is 0. The van der Waals surface area contributed by atoms with Gasteiger partial charge in [-0.2, -0.15) is 0 Å². The molecule has 86 valence electrons. The van der Waals surface area contributed by atoms with Crippen molar-refractivity contribution in [1.29, 1.82) is 0 Å². The van der Waals surface area contributed by atoms with E-state index in [9.17, 15) is 8.42 Å². The van der Waals surface area contributed by atoms with Crippen LogP contribution in [0.25, 0.3) is 0 Å². The molecule has 0 aromatic carbocycles. The fraction of sp³-hybridized carbons (Fsp3) is 1.00. The fourth-order valence-corrected chi connectivity index (χ4v) is 2.66. The summed E-state index contributed by atoms with van der Waals surface area (Å²) in [5.74, 6) is 0.868. The Labute approximate surface area is 88.3 Å². The van der Waals surface area contributed by atoms with Crippen LogP contribution in [0.2, 0.25) is 0 Å². The molecule has 0 aliphatic carbocycles. The number of sulfonamides is 1. The van der Waals surface area contributed by atoms with Crippen LogP contribution < -0.4 is 4.72 Å². The molecule has 0 fully saturated rings. The van der Waals surface area contributed by atoms with Crippen LogP contribution in [0.1, 0.15) is 47.0 Å². The fourth-order valence-electron chi connectivity index (χ4n) is 1.28. The Hall–Kier alpha value is -0.0900. The highest BCUT2D eigenvalue weighted by Gasteiger charge is 2.13. The summed E-state index contributed by atoms with van der Waals surface area (Å²) in [6.07, 6.45) is 2.66. The topological polar surface area (TPSA) is 46.2 Å². The standard InChI is InChI=1S/C10H23NO2S/c1-5-8-14(12,13)11-10(4)7-6-9(2)3/h9-11H,5-8H2,1-4H3. The van der Waals surface area contributed by atoms with Crippen molar-refractivity contribution in [3.8, 4) is 0 Å². The average molecular weight is 221 g/mol.